The summed E-state index contributed by atoms with van der Waals surface area (Å²) in [5.74, 6) is 0.361. The lowest BCUT2D eigenvalue weighted by atomic mass is 9.91. The van der Waals surface area contributed by atoms with Gasteiger partial charge in [-0.1, -0.05) is 31.4 Å². The average Bonchev–Trinajstić information content (AvgIpc) is 3.52. The Labute approximate surface area is 204 Å². The fraction of sp³-hybridized carbons (Fsp3) is 0.360. The lowest BCUT2D eigenvalue weighted by molar-refractivity contribution is 0.385. The van der Waals surface area contributed by atoms with E-state index in [9.17, 15) is 13.7 Å². The van der Waals surface area contributed by atoms with Crippen molar-refractivity contribution in [2.24, 2.45) is 5.92 Å². The molecule has 3 heterocycles. The second-order valence-electron chi connectivity index (χ2n) is 9.06. The van der Waals surface area contributed by atoms with Crippen molar-refractivity contribution in [1.82, 2.24) is 24.7 Å². The molecule has 3 aromatic heterocycles. The standard InChI is InChI=1S/C25H27N7O2S/c26-11-9-23(32-15-20(14-30-32)24-22-10-12-27-25(22)29-17-28-24)19-7-4-8-21(13-19)31-35(33,34)16-18-5-2-1-3-6-18/h4,7-8,10,12-15,17-18,23,31H,1-3,5-6,9,16H2,(H,27,28,29). The molecule has 2 N–H and O–H groups in total. The minimum absolute atomic E-state index is 0.147. The van der Waals surface area contributed by atoms with Crippen LogP contribution in [-0.2, 0) is 10.0 Å². The topological polar surface area (TPSA) is 129 Å². The third-order valence-electron chi connectivity index (χ3n) is 6.56. The first-order valence-electron chi connectivity index (χ1n) is 11.8. The van der Waals surface area contributed by atoms with Crippen LogP contribution in [-0.4, -0.2) is 38.9 Å². The van der Waals surface area contributed by atoms with E-state index in [4.69, 9.17) is 0 Å². The number of nitrogens with zero attached hydrogens (tertiary/aromatic N) is 5. The Morgan fingerprint density at radius 1 is 1.20 bits per heavy atom. The van der Waals surface area contributed by atoms with Crippen molar-refractivity contribution in [1.29, 1.82) is 5.26 Å². The monoisotopic (exact) mass is 489 g/mol. The van der Waals surface area contributed by atoms with Crippen molar-refractivity contribution < 1.29 is 8.42 Å². The van der Waals surface area contributed by atoms with Crippen LogP contribution in [0.25, 0.3) is 22.3 Å². The van der Waals surface area contributed by atoms with E-state index >= 15 is 0 Å². The lowest BCUT2D eigenvalue weighted by Crippen LogP contribution is -2.24. The van der Waals surface area contributed by atoms with Crippen LogP contribution in [0.5, 0.6) is 0 Å². The molecule has 1 aromatic carbocycles. The summed E-state index contributed by atoms with van der Waals surface area (Å²) in [5, 5.41) is 14.9. The highest BCUT2D eigenvalue weighted by atomic mass is 32.2. The van der Waals surface area contributed by atoms with Gasteiger partial charge >= 0.3 is 0 Å². The summed E-state index contributed by atoms with van der Waals surface area (Å²) >= 11 is 0. The summed E-state index contributed by atoms with van der Waals surface area (Å²) in [7, 11) is -3.46. The summed E-state index contributed by atoms with van der Waals surface area (Å²) in [4.78, 5) is 11.7. The third kappa shape index (κ3) is 5.20. The van der Waals surface area contributed by atoms with Crippen molar-refractivity contribution in [3.05, 3.63) is 60.8 Å². The van der Waals surface area contributed by atoms with Crippen molar-refractivity contribution in [3.8, 4) is 17.3 Å². The molecule has 1 atom stereocenters. The molecule has 10 heteroatoms. The van der Waals surface area contributed by atoms with E-state index in [-0.39, 0.29) is 24.1 Å². The number of nitriles is 1. The number of benzene rings is 1. The first kappa shape index (κ1) is 23.1. The van der Waals surface area contributed by atoms with Crippen LogP contribution in [0, 0.1) is 17.2 Å². The van der Waals surface area contributed by atoms with Gasteiger partial charge in [0, 0.05) is 29.0 Å². The van der Waals surface area contributed by atoms with E-state index in [2.05, 4.69) is 30.8 Å². The van der Waals surface area contributed by atoms with Crippen molar-refractivity contribution in [2.45, 2.75) is 44.6 Å². The molecule has 5 rings (SSSR count). The summed E-state index contributed by atoms with van der Waals surface area (Å²) in [6, 6.07) is 11.0. The van der Waals surface area contributed by atoms with Gasteiger partial charge in [0.05, 0.1) is 36.2 Å². The molecule has 180 valence electrons. The fourth-order valence-electron chi connectivity index (χ4n) is 4.88. The molecule has 1 aliphatic carbocycles. The van der Waals surface area contributed by atoms with Gasteiger partial charge in [-0.2, -0.15) is 10.4 Å². The van der Waals surface area contributed by atoms with Crippen molar-refractivity contribution in [2.75, 3.05) is 10.5 Å². The van der Waals surface area contributed by atoms with Gasteiger partial charge in [0.2, 0.25) is 10.0 Å². The molecule has 1 aliphatic rings. The van der Waals surface area contributed by atoms with E-state index in [0.29, 0.717) is 5.69 Å². The number of rotatable bonds is 8. The third-order valence-corrected chi connectivity index (χ3v) is 8.01. The van der Waals surface area contributed by atoms with E-state index in [0.717, 1.165) is 53.5 Å². The molecule has 0 amide bonds. The Morgan fingerprint density at radius 2 is 2.06 bits per heavy atom. The Hall–Kier alpha value is -3.71. The van der Waals surface area contributed by atoms with Gasteiger partial charge in [0.25, 0.3) is 0 Å². The Bertz CT molecular complexity index is 1460. The lowest BCUT2D eigenvalue weighted by Gasteiger charge is -2.22. The number of aromatic amines is 1. The molecular formula is C25H27N7O2S. The first-order chi connectivity index (χ1) is 17.0. The molecule has 0 radical (unpaired) electrons. The SMILES string of the molecule is N#CCC(c1cccc(NS(=O)(=O)CC2CCCCC2)c1)n1cc(-c2ncnc3[nH]ccc23)cn1. The highest BCUT2D eigenvalue weighted by Crippen LogP contribution is 2.30. The smallest absolute Gasteiger partial charge is 0.232 e. The highest BCUT2D eigenvalue weighted by molar-refractivity contribution is 7.92. The van der Waals surface area contributed by atoms with Crippen LogP contribution in [0.2, 0.25) is 0 Å². The summed E-state index contributed by atoms with van der Waals surface area (Å²) in [6.07, 6.45) is 12.4. The minimum Gasteiger partial charge on any atom is -0.346 e. The molecule has 1 saturated carbocycles. The zero-order valence-electron chi connectivity index (χ0n) is 19.3. The summed E-state index contributed by atoms with van der Waals surface area (Å²) < 4.78 is 30.1. The Morgan fingerprint density at radius 3 is 2.89 bits per heavy atom. The predicted octanol–water partition coefficient (Wildman–Crippen LogP) is 4.65. The molecule has 0 bridgehead atoms. The minimum atomic E-state index is -3.46. The predicted molar refractivity (Wildman–Crippen MR) is 134 cm³/mol. The average molecular weight is 490 g/mol. The largest absolute Gasteiger partial charge is 0.346 e. The molecule has 0 aliphatic heterocycles. The maximum atomic E-state index is 12.8. The number of hydrogen-bond acceptors (Lipinski definition) is 6. The number of anilines is 1. The van der Waals surface area contributed by atoms with E-state index in [1.807, 2.05) is 24.5 Å². The molecule has 1 fully saturated rings. The van der Waals surface area contributed by atoms with Crippen LogP contribution in [0.3, 0.4) is 0 Å². The number of fused-ring (bicyclic) bond motifs is 1. The van der Waals surface area contributed by atoms with E-state index in [1.54, 1.807) is 29.1 Å². The molecule has 4 aromatic rings. The first-order valence-corrected chi connectivity index (χ1v) is 13.5. The van der Waals surface area contributed by atoms with Gasteiger partial charge in [0.15, 0.2) is 0 Å². The van der Waals surface area contributed by atoms with Crippen LogP contribution in [0.4, 0.5) is 5.69 Å². The van der Waals surface area contributed by atoms with Gasteiger partial charge in [-0.3, -0.25) is 9.40 Å². The number of nitrogens with one attached hydrogen (secondary N) is 2. The van der Waals surface area contributed by atoms with Crippen LogP contribution in [0.15, 0.2) is 55.2 Å². The molecule has 9 nitrogen and oxygen atoms in total. The molecule has 35 heavy (non-hydrogen) atoms. The molecule has 0 spiro atoms. The van der Waals surface area contributed by atoms with Gasteiger partial charge < -0.3 is 4.98 Å². The zero-order valence-corrected chi connectivity index (χ0v) is 20.1. The van der Waals surface area contributed by atoms with Gasteiger partial charge in [-0.25, -0.2) is 18.4 Å². The number of sulfonamides is 1. The maximum Gasteiger partial charge on any atom is 0.232 e. The van der Waals surface area contributed by atoms with Gasteiger partial charge in [-0.15, -0.1) is 0 Å². The summed E-state index contributed by atoms with van der Waals surface area (Å²) in [5.41, 5.74) is 3.60. The van der Waals surface area contributed by atoms with Crippen molar-refractivity contribution in [3.63, 3.8) is 0 Å². The fourth-order valence-corrected chi connectivity index (χ4v) is 6.40. The Kier molecular flexibility index (Phi) is 6.51. The number of hydrogen-bond donors (Lipinski definition) is 2. The van der Waals surface area contributed by atoms with E-state index < -0.39 is 10.0 Å². The van der Waals surface area contributed by atoms with Crippen LogP contribution in [0.1, 0.15) is 50.1 Å². The van der Waals surface area contributed by atoms with Crippen LogP contribution >= 0.6 is 0 Å². The molecule has 0 saturated heterocycles. The number of H-pyrrole nitrogens is 1. The second-order valence-corrected chi connectivity index (χ2v) is 10.8. The summed E-state index contributed by atoms with van der Waals surface area (Å²) in [6.45, 7) is 0. The Balaban J connectivity index is 1.39. The van der Waals surface area contributed by atoms with E-state index in [1.165, 1.54) is 12.7 Å². The normalized spacial score (nSPS) is 15.6. The maximum absolute atomic E-state index is 12.8. The molecule has 1 unspecified atom stereocenters. The quantitative estimate of drug-likeness (QED) is 0.371. The van der Waals surface area contributed by atoms with Gasteiger partial charge in [0.1, 0.15) is 12.0 Å². The van der Waals surface area contributed by atoms with Crippen LogP contribution < -0.4 is 4.72 Å². The molecular weight excluding hydrogens is 462 g/mol. The second kappa shape index (κ2) is 9.88. The van der Waals surface area contributed by atoms with Crippen molar-refractivity contribution >= 4 is 26.7 Å². The number of aromatic nitrogens is 5. The highest BCUT2D eigenvalue weighted by Gasteiger charge is 2.22. The zero-order chi connectivity index (χ0) is 24.3. The van der Waals surface area contributed by atoms with Gasteiger partial charge in [-0.05, 0) is 42.5 Å².